The van der Waals surface area contributed by atoms with E-state index in [1.54, 1.807) is 25.9 Å². The highest BCUT2D eigenvalue weighted by molar-refractivity contribution is 5.78. The molecule has 4 nitrogen and oxygen atoms in total. The molecule has 1 atom stereocenters. The minimum absolute atomic E-state index is 0.0489. The van der Waals surface area contributed by atoms with E-state index < -0.39 is 11.9 Å². The minimum atomic E-state index is -1.01. The zero-order chi connectivity index (χ0) is 16.2. The molecule has 116 valence electrons. The third-order valence-corrected chi connectivity index (χ3v) is 3.30. The molecule has 0 radical (unpaired) electrons. The Morgan fingerprint density at radius 1 is 1.43 bits per heavy atom. The molecule has 0 aromatic heterocycles. The summed E-state index contributed by atoms with van der Waals surface area (Å²) in [6, 6.07) is 7.67. The molecule has 1 N–H and O–H groups in total. The van der Waals surface area contributed by atoms with Crippen LogP contribution >= 0.6 is 0 Å². The van der Waals surface area contributed by atoms with Gasteiger partial charge < -0.3 is 14.7 Å². The van der Waals surface area contributed by atoms with Crippen LogP contribution in [0.1, 0.15) is 31.9 Å². The first-order valence-electron chi connectivity index (χ1n) is 6.94. The number of nitrogens with zero attached hydrogens (tertiary/aromatic N) is 1. The molecule has 0 saturated heterocycles. The molecule has 1 rings (SSSR count). The van der Waals surface area contributed by atoms with Crippen molar-refractivity contribution in [3.05, 3.63) is 47.5 Å². The number of hydrogen-bond donors (Lipinski definition) is 1. The number of benzene rings is 1. The Bertz CT molecular complexity index is 521. The highest BCUT2D eigenvalue weighted by atomic mass is 16.6. The number of rotatable bonds is 6. The van der Waals surface area contributed by atoms with Gasteiger partial charge >= 0.3 is 0 Å². The van der Waals surface area contributed by atoms with Gasteiger partial charge in [-0.25, -0.2) is 0 Å². The van der Waals surface area contributed by atoms with Crippen LogP contribution < -0.4 is 0 Å². The maximum Gasteiger partial charge on any atom is 0.226 e. The Kier molecular flexibility index (Phi) is 5.70. The van der Waals surface area contributed by atoms with Crippen LogP contribution in [-0.2, 0) is 21.6 Å². The second-order valence-corrected chi connectivity index (χ2v) is 5.99. The lowest BCUT2D eigenvalue weighted by Gasteiger charge is -2.29. The zero-order valence-electron chi connectivity index (χ0n) is 13.5. The van der Waals surface area contributed by atoms with Crippen LogP contribution in [0.4, 0.5) is 0 Å². The monoisotopic (exact) mass is 291 g/mol. The quantitative estimate of drug-likeness (QED) is 0.647. The molecule has 0 bridgehead atoms. The van der Waals surface area contributed by atoms with Crippen molar-refractivity contribution in [2.45, 2.75) is 39.1 Å². The highest BCUT2D eigenvalue weighted by Crippen LogP contribution is 2.28. The Hall–Kier alpha value is -1.65. The van der Waals surface area contributed by atoms with Crippen LogP contribution in [0.2, 0.25) is 0 Å². The highest BCUT2D eigenvalue weighted by Gasteiger charge is 2.25. The van der Waals surface area contributed by atoms with Gasteiger partial charge in [0.2, 0.25) is 5.91 Å². The summed E-state index contributed by atoms with van der Waals surface area (Å²) in [7, 11) is 3.48. The first kappa shape index (κ1) is 17.4. The Morgan fingerprint density at radius 2 is 2.05 bits per heavy atom. The summed E-state index contributed by atoms with van der Waals surface area (Å²) in [5, 5.41) is 9.83. The van der Waals surface area contributed by atoms with E-state index in [0.29, 0.717) is 12.0 Å². The van der Waals surface area contributed by atoms with Crippen molar-refractivity contribution in [1.82, 2.24) is 4.90 Å². The summed E-state index contributed by atoms with van der Waals surface area (Å²) in [6.45, 7) is 9.16. The van der Waals surface area contributed by atoms with E-state index >= 15 is 0 Å². The SMILES string of the molecule is C=C(C)C(O)OC(C)(C)c1cccc(CC(=O)N(C)C)c1. The molecule has 1 unspecified atom stereocenters. The van der Waals surface area contributed by atoms with Gasteiger partial charge in [-0.3, -0.25) is 4.79 Å². The Balaban J connectivity index is 2.92. The molecule has 0 fully saturated rings. The molecule has 1 aromatic carbocycles. The van der Waals surface area contributed by atoms with Crippen LogP contribution in [0, 0.1) is 0 Å². The van der Waals surface area contributed by atoms with Crippen LogP contribution in [0.25, 0.3) is 0 Å². The van der Waals surface area contributed by atoms with Crippen molar-refractivity contribution in [1.29, 1.82) is 0 Å². The van der Waals surface area contributed by atoms with Crippen LogP contribution in [0.3, 0.4) is 0 Å². The number of amides is 1. The number of likely N-dealkylation sites (N-methyl/N-ethyl adjacent to an activating group) is 1. The number of aliphatic hydroxyl groups excluding tert-OH is 1. The molecular weight excluding hydrogens is 266 g/mol. The van der Waals surface area contributed by atoms with Gasteiger partial charge in [0, 0.05) is 14.1 Å². The van der Waals surface area contributed by atoms with Gasteiger partial charge in [-0.05, 0) is 37.5 Å². The fourth-order valence-electron chi connectivity index (χ4n) is 1.84. The minimum Gasteiger partial charge on any atom is -0.364 e. The third kappa shape index (κ3) is 4.99. The van der Waals surface area contributed by atoms with Crippen LogP contribution in [0.5, 0.6) is 0 Å². The summed E-state index contributed by atoms with van der Waals surface area (Å²) in [5.74, 6) is 0.0489. The van der Waals surface area contributed by atoms with E-state index in [1.807, 2.05) is 38.1 Å². The van der Waals surface area contributed by atoms with E-state index in [4.69, 9.17) is 4.74 Å². The fourth-order valence-corrected chi connectivity index (χ4v) is 1.84. The Labute approximate surface area is 127 Å². The van der Waals surface area contributed by atoms with Gasteiger partial charge in [0.1, 0.15) is 0 Å². The average molecular weight is 291 g/mol. The zero-order valence-corrected chi connectivity index (χ0v) is 13.5. The van der Waals surface area contributed by atoms with Gasteiger partial charge in [-0.2, -0.15) is 0 Å². The molecule has 0 saturated carbocycles. The van der Waals surface area contributed by atoms with Crippen molar-refractivity contribution < 1.29 is 14.6 Å². The van der Waals surface area contributed by atoms with Crippen molar-refractivity contribution in [3.63, 3.8) is 0 Å². The van der Waals surface area contributed by atoms with Gasteiger partial charge in [-0.15, -0.1) is 0 Å². The Morgan fingerprint density at radius 3 is 2.57 bits per heavy atom. The molecule has 21 heavy (non-hydrogen) atoms. The number of hydrogen-bond acceptors (Lipinski definition) is 3. The molecule has 0 spiro atoms. The maximum atomic E-state index is 11.8. The molecule has 4 heteroatoms. The van der Waals surface area contributed by atoms with Gasteiger partial charge in [0.15, 0.2) is 6.29 Å². The predicted octanol–water partition coefficient (Wildman–Crippen LogP) is 2.46. The summed E-state index contributed by atoms with van der Waals surface area (Å²) in [6.07, 6.45) is -0.660. The van der Waals surface area contributed by atoms with Crippen molar-refractivity contribution in [2.24, 2.45) is 0 Å². The van der Waals surface area contributed by atoms with Crippen molar-refractivity contribution in [2.75, 3.05) is 14.1 Å². The standard InChI is InChI=1S/C17H25NO3/c1-12(2)16(20)21-17(3,4)14-9-7-8-13(10-14)11-15(19)18(5)6/h7-10,16,20H,1,11H2,2-6H3. The first-order chi connectivity index (χ1) is 9.63. The summed E-state index contributed by atoms with van der Waals surface area (Å²) in [4.78, 5) is 13.4. The first-order valence-corrected chi connectivity index (χ1v) is 6.94. The largest absolute Gasteiger partial charge is 0.364 e. The predicted molar refractivity (Wildman–Crippen MR) is 83.8 cm³/mol. The van der Waals surface area contributed by atoms with Gasteiger partial charge in [0.05, 0.1) is 12.0 Å². The normalized spacial score (nSPS) is 12.9. The van der Waals surface area contributed by atoms with Gasteiger partial charge in [-0.1, -0.05) is 30.8 Å². The lowest BCUT2D eigenvalue weighted by Crippen LogP contribution is -2.29. The van der Waals surface area contributed by atoms with E-state index in [-0.39, 0.29) is 5.91 Å². The molecule has 0 aliphatic carbocycles. The molecule has 0 aliphatic rings. The number of carbonyl (C=O) groups is 1. The van der Waals surface area contributed by atoms with Crippen molar-refractivity contribution in [3.8, 4) is 0 Å². The van der Waals surface area contributed by atoms with Crippen molar-refractivity contribution >= 4 is 5.91 Å². The topological polar surface area (TPSA) is 49.8 Å². The smallest absolute Gasteiger partial charge is 0.226 e. The molecular formula is C17H25NO3. The summed E-state index contributed by atoms with van der Waals surface area (Å²) in [5.41, 5.74) is 1.72. The average Bonchev–Trinajstić information content (AvgIpc) is 2.38. The fraction of sp³-hybridized carbons (Fsp3) is 0.471. The number of aliphatic hydroxyl groups is 1. The van der Waals surface area contributed by atoms with Crippen LogP contribution in [-0.4, -0.2) is 36.3 Å². The second kappa shape index (κ2) is 6.87. The summed E-state index contributed by atoms with van der Waals surface area (Å²) < 4.78 is 5.65. The summed E-state index contributed by atoms with van der Waals surface area (Å²) >= 11 is 0. The van der Waals surface area contributed by atoms with E-state index in [1.165, 1.54) is 0 Å². The van der Waals surface area contributed by atoms with Gasteiger partial charge in [0.25, 0.3) is 0 Å². The lowest BCUT2D eigenvalue weighted by molar-refractivity contribution is -0.156. The van der Waals surface area contributed by atoms with E-state index in [9.17, 15) is 9.90 Å². The molecule has 1 amide bonds. The maximum absolute atomic E-state index is 11.8. The molecule has 1 aromatic rings. The molecule has 0 aliphatic heterocycles. The lowest BCUT2D eigenvalue weighted by atomic mass is 9.95. The second-order valence-electron chi connectivity index (χ2n) is 5.99. The third-order valence-electron chi connectivity index (χ3n) is 3.30. The van der Waals surface area contributed by atoms with Crippen LogP contribution in [0.15, 0.2) is 36.4 Å². The molecule has 0 heterocycles. The number of carbonyl (C=O) groups excluding carboxylic acids is 1. The number of ether oxygens (including phenoxy) is 1. The van der Waals surface area contributed by atoms with E-state index in [2.05, 4.69) is 6.58 Å². The van der Waals surface area contributed by atoms with E-state index in [0.717, 1.165) is 11.1 Å².